The Morgan fingerprint density at radius 1 is 1.64 bits per heavy atom. The summed E-state index contributed by atoms with van der Waals surface area (Å²) in [6.45, 7) is 4.58. The molecule has 1 aromatic heterocycles. The monoisotopic (exact) mass is 155 g/mol. The van der Waals surface area contributed by atoms with Crippen molar-refractivity contribution in [2.45, 2.75) is 26.4 Å². The molecule has 0 amide bonds. The number of ether oxygens (including phenoxy) is 1. The molecule has 1 rings (SSSR count). The quantitative estimate of drug-likeness (QED) is 0.669. The first-order valence-corrected chi connectivity index (χ1v) is 3.67. The average Bonchev–Trinajstić information content (AvgIpc) is 2.37. The number of nitrogens with zero attached hydrogens (tertiary/aromatic N) is 1. The molecule has 0 aliphatic carbocycles. The van der Waals surface area contributed by atoms with E-state index in [-0.39, 0.29) is 0 Å². The number of oxazole rings is 1. The molecular weight excluding hydrogens is 142 g/mol. The Morgan fingerprint density at radius 2 is 2.36 bits per heavy atom. The SMILES string of the molecule is COCc1ncc(C(C)C)o1. The van der Waals surface area contributed by atoms with E-state index >= 15 is 0 Å². The lowest BCUT2D eigenvalue weighted by molar-refractivity contribution is 0.157. The fraction of sp³-hybridized carbons (Fsp3) is 0.625. The van der Waals surface area contributed by atoms with E-state index in [1.807, 2.05) is 0 Å². The van der Waals surface area contributed by atoms with Crippen molar-refractivity contribution in [2.75, 3.05) is 7.11 Å². The molecule has 62 valence electrons. The third kappa shape index (κ3) is 2.05. The highest BCUT2D eigenvalue weighted by molar-refractivity contribution is 4.98. The van der Waals surface area contributed by atoms with Crippen LogP contribution in [0.15, 0.2) is 10.6 Å². The second-order valence-corrected chi connectivity index (χ2v) is 2.74. The van der Waals surface area contributed by atoms with E-state index < -0.39 is 0 Å². The predicted octanol–water partition coefficient (Wildman–Crippen LogP) is 1.94. The van der Waals surface area contributed by atoms with Gasteiger partial charge in [-0.3, -0.25) is 0 Å². The molecule has 11 heavy (non-hydrogen) atoms. The minimum Gasteiger partial charge on any atom is -0.443 e. The number of methoxy groups -OCH3 is 1. The van der Waals surface area contributed by atoms with E-state index in [0.717, 1.165) is 5.76 Å². The Bertz CT molecular complexity index is 218. The van der Waals surface area contributed by atoms with Gasteiger partial charge < -0.3 is 9.15 Å². The largest absolute Gasteiger partial charge is 0.443 e. The van der Waals surface area contributed by atoms with Crippen molar-refractivity contribution >= 4 is 0 Å². The molecule has 0 aliphatic heterocycles. The lowest BCUT2D eigenvalue weighted by Crippen LogP contribution is -1.85. The molecule has 0 N–H and O–H groups in total. The van der Waals surface area contributed by atoms with Gasteiger partial charge in [-0.25, -0.2) is 4.98 Å². The van der Waals surface area contributed by atoms with Crippen LogP contribution in [0.25, 0.3) is 0 Å². The van der Waals surface area contributed by atoms with Gasteiger partial charge in [0, 0.05) is 13.0 Å². The van der Waals surface area contributed by atoms with Crippen LogP contribution in [0.1, 0.15) is 31.4 Å². The van der Waals surface area contributed by atoms with Gasteiger partial charge in [0.25, 0.3) is 0 Å². The van der Waals surface area contributed by atoms with E-state index in [9.17, 15) is 0 Å². The molecular formula is C8H13NO2. The minimum atomic E-state index is 0.396. The molecule has 0 aromatic carbocycles. The molecule has 0 bridgehead atoms. The number of aromatic nitrogens is 1. The van der Waals surface area contributed by atoms with Crippen molar-refractivity contribution in [3.8, 4) is 0 Å². The van der Waals surface area contributed by atoms with Crippen molar-refractivity contribution in [3.05, 3.63) is 17.8 Å². The molecule has 0 unspecified atom stereocenters. The lowest BCUT2D eigenvalue weighted by atomic mass is 10.2. The zero-order valence-corrected chi connectivity index (χ0v) is 7.13. The third-order valence-corrected chi connectivity index (χ3v) is 1.41. The standard InChI is InChI=1S/C8H13NO2/c1-6(2)7-4-9-8(11-7)5-10-3/h4,6H,5H2,1-3H3. The molecule has 1 heterocycles. The first-order chi connectivity index (χ1) is 5.24. The summed E-state index contributed by atoms with van der Waals surface area (Å²) >= 11 is 0. The van der Waals surface area contributed by atoms with Crippen molar-refractivity contribution in [3.63, 3.8) is 0 Å². The molecule has 3 heteroatoms. The molecule has 0 saturated carbocycles. The third-order valence-electron chi connectivity index (χ3n) is 1.41. The van der Waals surface area contributed by atoms with Gasteiger partial charge in [0.05, 0.1) is 6.20 Å². The highest BCUT2D eigenvalue weighted by Crippen LogP contribution is 2.14. The first kappa shape index (κ1) is 8.27. The Kier molecular flexibility index (Phi) is 2.65. The maximum atomic E-state index is 5.35. The lowest BCUT2D eigenvalue weighted by Gasteiger charge is -1.96. The van der Waals surface area contributed by atoms with Crippen molar-refractivity contribution in [1.29, 1.82) is 0 Å². The molecule has 0 radical (unpaired) electrons. The highest BCUT2D eigenvalue weighted by atomic mass is 16.5. The maximum Gasteiger partial charge on any atom is 0.220 e. The maximum absolute atomic E-state index is 5.35. The molecule has 0 atom stereocenters. The van der Waals surface area contributed by atoms with Crippen molar-refractivity contribution < 1.29 is 9.15 Å². The summed E-state index contributed by atoms with van der Waals surface area (Å²) < 4.78 is 10.2. The van der Waals surface area contributed by atoms with E-state index in [1.54, 1.807) is 13.3 Å². The van der Waals surface area contributed by atoms with Gasteiger partial charge >= 0.3 is 0 Å². The van der Waals surface area contributed by atoms with Crippen LogP contribution >= 0.6 is 0 Å². The van der Waals surface area contributed by atoms with Gasteiger partial charge in [0.15, 0.2) is 0 Å². The smallest absolute Gasteiger partial charge is 0.220 e. The molecule has 1 aromatic rings. The summed E-state index contributed by atoms with van der Waals surface area (Å²) in [5, 5.41) is 0. The summed E-state index contributed by atoms with van der Waals surface area (Å²) in [6.07, 6.45) is 1.75. The fourth-order valence-electron chi connectivity index (χ4n) is 0.781. The molecule has 3 nitrogen and oxygen atoms in total. The summed E-state index contributed by atoms with van der Waals surface area (Å²) in [5.74, 6) is 1.96. The minimum absolute atomic E-state index is 0.396. The molecule has 0 fully saturated rings. The fourth-order valence-corrected chi connectivity index (χ4v) is 0.781. The average molecular weight is 155 g/mol. The van der Waals surface area contributed by atoms with Crippen LogP contribution in [0.5, 0.6) is 0 Å². The molecule has 0 spiro atoms. The predicted molar refractivity (Wildman–Crippen MR) is 41.3 cm³/mol. The van der Waals surface area contributed by atoms with Gasteiger partial charge in [0.1, 0.15) is 12.4 Å². The summed E-state index contributed by atoms with van der Waals surface area (Å²) in [4.78, 5) is 4.04. The second-order valence-electron chi connectivity index (χ2n) is 2.74. The summed E-state index contributed by atoms with van der Waals surface area (Å²) in [7, 11) is 1.62. The van der Waals surface area contributed by atoms with E-state index in [0.29, 0.717) is 18.4 Å². The van der Waals surface area contributed by atoms with Crippen LogP contribution in [0.2, 0.25) is 0 Å². The topological polar surface area (TPSA) is 35.3 Å². The van der Waals surface area contributed by atoms with E-state index in [2.05, 4.69) is 18.8 Å². The Balaban J connectivity index is 2.66. The van der Waals surface area contributed by atoms with Crippen LogP contribution in [0.4, 0.5) is 0 Å². The van der Waals surface area contributed by atoms with Crippen LogP contribution in [-0.2, 0) is 11.3 Å². The Hall–Kier alpha value is -0.830. The Morgan fingerprint density at radius 3 is 2.82 bits per heavy atom. The highest BCUT2D eigenvalue weighted by Gasteiger charge is 2.05. The number of hydrogen-bond acceptors (Lipinski definition) is 3. The number of rotatable bonds is 3. The van der Waals surface area contributed by atoms with Gasteiger partial charge in [-0.05, 0) is 0 Å². The van der Waals surface area contributed by atoms with Crippen molar-refractivity contribution in [2.24, 2.45) is 0 Å². The summed E-state index contributed by atoms with van der Waals surface area (Å²) in [5.41, 5.74) is 0. The number of hydrogen-bond donors (Lipinski definition) is 0. The van der Waals surface area contributed by atoms with Gasteiger partial charge in [-0.2, -0.15) is 0 Å². The van der Waals surface area contributed by atoms with Gasteiger partial charge in [-0.1, -0.05) is 13.8 Å². The van der Waals surface area contributed by atoms with Crippen LogP contribution in [0.3, 0.4) is 0 Å². The van der Waals surface area contributed by atoms with E-state index in [4.69, 9.17) is 9.15 Å². The molecule has 0 saturated heterocycles. The second kappa shape index (κ2) is 3.53. The summed E-state index contributed by atoms with van der Waals surface area (Å²) in [6, 6.07) is 0. The van der Waals surface area contributed by atoms with Gasteiger partial charge in [-0.15, -0.1) is 0 Å². The van der Waals surface area contributed by atoms with Crippen LogP contribution < -0.4 is 0 Å². The van der Waals surface area contributed by atoms with Crippen molar-refractivity contribution in [1.82, 2.24) is 4.98 Å². The first-order valence-electron chi connectivity index (χ1n) is 3.67. The zero-order chi connectivity index (χ0) is 8.27. The van der Waals surface area contributed by atoms with E-state index in [1.165, 1.54) is 0 Å². The van der Waals surface area contributed by atoms with Crippen LogP contribution in [-0.4, -0.2) is 12.1 Å². The zero-order valence-electron chi connectivity index (χ0n) is 7.13. The normalized spacial score (nSPS) is 10.9. The Labute approximate surface area is 66.4 Å². The van der Waals surface area contributed by atoms with Crippen LogP contribution in [0, 0.1) is 0 Å². The molecule has 0 aliphatic rings. The van der Waals surface area contributed by atoms with Gasteiger partial charge in [0.2, 0.25) is 5.89 Å².